The molecule has 0 amide bonds. The number of anilines is 1. The van der Waals surface area contributed by atoms with E-state index < -0.39 is 6.61 Å². The van der Waals surface area contributed by atoms with Gasteiger partial charge in [-0.15, -0.1) is 0 Å². The third-order valence-electron chi connectivity index (χ3n) is 4.56. The molecule has 0 saturated carbocycles. The molecule has 2 aromatic rings. The summed E-state index contributed by atoms with van der Waals surface area (Å²) in [5.41, 5.74) is 0.748. The van der Waals surface area contributed by atoms with Crippen LogP contribution in [0.1, 0.15) is 0 Å². The number of benzene rings is 2. The van der Waals surface area contributed by atoms with Crippen molar-refractivity contribution in [3.8, 4) is 11.5 Å². The lowest BCUT2D eigenvalue weighted by molar-refractivity contribution is -0.903. The normalized spacial score (nSPS) is 14.8. The van der Waals surface area contributed by atoms with Crippen LogP contribution in [0.4, 0.5) is 14.5 Å². The highest BCUT2D eigenvalue weighted by molar-refractivity contribution is 7.80. The highest BCUT2D eigenvalue weighted by Gasteiger charge is 2.21. The number of para-hydroxylation sites is 1. The average Bonchev–Trinajstić information content (AvgIpc) is 2.70. The third kappa shape index (κ3) is 6.31. The molecule has 1 fully saturated rings. The van der Waals surface area contributed by atoms with Gasteiger partial charge in [0.05, 0.1) is 26.2 Å². The minimum Gasteiger partial charge on any atom is -0.488 e. The van der Waals surface area contributed by atoms with Crippen molar-refractivity contribution in [2.75, 3.05) is 44.6 Å². The van der Waals surface area contributed by atoms with Crippen LogP contribution in [0.15, 0.2) is 54.6 Å². The maximum Gasteiger partial charge on any atom is 0.387 e. The fraction of sp³-hybridized carbons (Fsp3) is 0.350. The highest BCUT2D eigenvalue weighted by Crippen LogP contribution is 2.18. The van der Waals surface area contributed by atoms with Crippen molar-refractivity contribution < 1.29 is 23.2 Å². The smallest absolute Gasteiger partial charge is 0.387 e. The van der Waals surface area contributed by atoms with Gasteiger partial charge in [-0.1, -0.05) is 18.2 Å². The van der Waals surface area contributed by atoms with E-state index in [1.165, 1.54) is 17.0 Å². The van der Waals surface area contributed by atoms with Crippen LogP contribution in [0, 0.1) is 0 Å². The van der Waals surface area contributed by atoms with Crippen LogP contribution in [-0.2, 0) is 0 Å². The van der Waals surface area contributed by atoms with Gasteiger partial charge in [0.2, 0.25) is 0 Å². The number of rotatable bonds is 7. The summed E-state index contributed by atoms with van der Waals surface area (Å²) in [6.45, 7) is 2.51. The first-order valence-corrected chi connectivity index (χ1v) is 9.63. The zero-order valence-corrected chi connectivity index (χ0v) is 16.3. The molecule has 8 heteroatoms. The van der Waals surface area contributed by atoms with Gasteiger partial charge in [0.15, 0.2) is 5.11 Å². The number of hydrogen-bond acceptors (Lipinski definition) is 3. The van der Waals surface area contributed by atoms with Gasteiger partial charge in [-0.3, -0.25) is 0 Å². The molecule has 0 aromatic heterocycles. The first-order chi connectivity index (χ1) is 13.6. The Morgan fingerprint density at radius 2 is 1.71 bits per heavy atom. The van der Waals surface area contributed by atoms with Gasteiger partial charge in [-0.2, -0.15) is 8.78 Å². The van der Waals surface area contributed by atoms with Crippen molar-refractivity contribution in [2.45, 2.75) is 6.61 Å². The van der Waals surface area contributed by atoms with Crippen LogP contribution in [0.25, 0.3) is 0 Å². The average molecular weight is 408 g/mol. The highest BCUT2D eigenvalue weighted by atomic mass is 32.1. The molecule has 1 heterocycles. The van der Waals surface area contributed by atoms with Crippen LogP contribution < -0.4 is 19.7 Å². The maximum absolute atomic E-state index is 12.2. The van der Waals surface area contributed by atoms with Gasteiger partial charge >= 0.3 is 6.61 Å². The molecule has 28 heavy (non-hydrogen) atoms. The summed E-state index contributed by atoms with van der Waals surface area (Å²) in [7, 11) is 0. The number of hydrogen-bond donors (Lipinski definition) is 2. The Labute approximate surface area is 168 Å². The minimum atomic E-state index is -2.82. The van der Waals surface area contributed by atoms with E-state index in [0.717, 1.165) is 44.2 Å². The summed E-state index contributed by atoms with van der Waals surface area (Å²) < 4.78 is 34.5. The Morgan fingerprint density at radius 1 is 1.04 bits per heavy atom. The van der Waals surface area contributed by atoms with Gasteiger partial charge in [0.1, 0.15) is 24.7 Å². The lowest BCUT2D eigenvalue weighted by atomic mass is 10.3. The van der Waals surface area contributed by atoms with Crippen LogP contribution in [0.5, 0.6) is 11.5 Å². The molecular weight excluding hydrogens is 384 g/mol. The van der Waals surface area contributed by atoms with Gasteiger partial charge < -0.3 is 24.6 Å². The SMILES string of the molecule is FC(F)Oc1ccc(NC(=S)N2CC[NH+](CCOc3ccccc3)CC2)cc1. The molecule has 2 N–H and O–H groups in total. The Kier molecular flexibility index (Phi) is 7.39. The molecular formula is C20H24F2N3O2S+. The fourth-order valence-corrected chi connectivity index (χ4v) is 3.33. The molecule has 0 radical (unpaired) electrons. The molecule has 0 atom stereocenters. The summed E-state index contributed by atoms with van der Waals surface area (Å²) in [6, 6.07) is 16.2. The van der Waals surface area contributed by atoms with E-state index in [2.05, 4.69) is 15.0 Å². The lowest BCUT2D eigenvalue weighted by Gasteiger charge is -2.33. The van der Waals surface area contributed by atoms with Gasteiger partial charge in [0.25, 0.3) is 0 Å². The molecule has 0 unspecified atom stereocenters. The zero-order valence-electron chi connectivity index (χ0n) is 15.4. The van der Waals surface area contributed by atoms with Crippen molar-refractivity contribution in [3.05, 3.63) is 54.6 Å². The number of nitrogens with one attached hydrogen (secondary N) is 2. The zero-order chi connectivity index (χ0) is 19.8. The first kappa shape index (κ1) is 20.3. The molecule has 150 valence electrons. The number of thiocarbonyl (C=S) groups is 1. The predicted molar refractivity (Wildman–Crippen MR) is 108 cm³/mol. The predicted octanol–water partition coefficient (Wildman–Crippen LogP) is 2.26. The van der Waals surface area contributed by atoms with Crippen molar-refractivity contribution in [2.24, 2.45) is 0 Å². The molecule has 0 aliphatic carbocycles. The van der Waals surface area contributed by atoms with Crippen LogP contribution in [0.3, 0.4) is 0 Å². The standard InChI is InChI=1S/C20H23F2N3O2S/c21-19(22)27-18-8-6-16(7-9-18)23-20(28)25-12-10-24(11-13-25)14-15-26-17-4-2-1-3-5-17/h1-9,19H,10-15H2,(H,23,28)/p+1. The molecule has 1 aliphatic rings. The van der Waals surface area contributed by atoms with Crippen LogP contribution in [0.2, 0.25) is 0 Å². The summed E-state index contributed by atoms with van der Waals surface area (Å²) in [5, 5.41) is 3.79. The Morgan fingerprint density at radius 3 is 2.36 bits per heavy atom. The second kappa shape index (κ2) is 10.2. The molecule has 0 bridgehead atoms. The van der Waals surface area contributed by atoms with Crippen molar-refractivity contribution in [1.82, 2.24) is 4.90 Å². The van der Waals surface area contributed by atoms with E-state index in [4.69, 9.17) is 17.0 Å². The van der Waals surface area contributed by atoms with Crippen LogP contribution >= 0.6 is 12.2 Å². The van der Waals surface area contributed by atoms with Crippen LogP contribution in [-0.4, -0.2) is 56.0 Å². The van der Waals surface area contributed by atoms with Gasteiger partial charge in [-0.05, 0) is 48.6 Å². The summed E-state index contributed by atoms with van der Waals surface area (Å²) in [4.78, 5) is 3.61. The lowest BCUT2D eigenvalue weighted by Crippen LogP contribution is -3.15. The molecule has 0 spiro atoms. The quantitative estimate of drug-likeness (QED) is 0.688. The van der Waals surface area contributed by atoms with E-state index in [1.54, 1.807) is 12.1 Å². The number of alkyl halides is 2. The van der Waals surface area contributed by atoms with Crippen molar-refractivity contribution >= 4 is 23.0 Å². The van der Waals surface area contributed by atoms with Crippen molar-refractivity contribution in [3.63, 3.8) is 0 Å². The van der Waals surface area contributed by atoms with E-state index in [0.29, 0.717) is 11.7 Å². The molecule has 1 aliphatic heterocycles. The fourth-order valence-electron chi connectivity index (χ4n) is 3.03. The van der Waals surface area contributed by atoms with Gasteiger partial charge in [-0.25, -0.2) is 0 Å². The number of nitrogens with zero attached hydrogens (tertiary/aromatic N) is 1. The second-order valence-corrected chi connectivity index (χ2v) is 6.87. The molecule has 3 rings (SSSR count). The van der Waals surface area contributed by atoms with E-state index in [1.807, 2.05) is 30.3 Å². The summed E-state index contributed by atoms with van der Waals surface area (Å²) in [5.74, 6) is 1.03. The van der Waals surface area contributed by atoms with E-state index in [-0.39, 0.29) is 5.75 Å². The number of halogens is 2. The minimum absolute atomic E-state index is 0.126. The topological polar surface area (TPSA) is 38.2 Å². The third-order valence-corrected chi connectivity index (χ3v) is 4.92. The van der Waals surface area contributed by atoms with Crippen molar-refractivity contribution in [1.29, 1.82) is 0 Å². The maximum atomic E-state index is 12.2. The second-order valence-electron chi connectivity index (χ2n) is 6.48. The molecule has 5 nitrogen and oxygen atoms in total. The number of quaternary nitrogens is 1. The largest absolute Gasteiger partial charge is 0.488 e. The van der Waals surface area contributed by atoms with E-state index in [9.17, 15) is 8.78 Å². The van der Waals surface area contributed by atoms with E-state index >= 15 is 0 Å². The summed E-state index contributed by atoms with van der Waals surface area (Å²) in [6.07, 6.45) is 0. The Hall–Kier alpha value is -2.45. The monoisotopic (exact) mass is 408 g/mol. The number of ether oxygens (including phenoxy) is 2. The van der Waals surface area contributed by atoms with Gasteiger partial charge in [0, 0.05) is 5.69 Å². The first-order valence-electron chi connectivity index (χ1n) is 9.22. The Bertz CT molecular complexity index is 739. The molecule has 1 saturated heterocycles. The molecule has 2 aromatic carbocycles. The number of piperazine rings is 1. The Balaban J connectivity index is 1.37. The summed E-state index contributed by atoms with van der Waals surface area (Å²) >= 11 is 5.48.